The average molecular weight is 490 g/mol. The molecule has 0 spiro atoms. The van der Waals surface area contributed by atoms with E-state index in [1.54, 1.807) is 12.1 Å². The minimum absolute atomic E-state index is 0.188. The molecule has 0 radical (unpaired) electrons. The number of carboxylic acid groups (broad SMARTS) is 2. The predicted molar refractivity (Wildman–Crippen MR) is 137 cm³/mol. The lowest BCUT2D eigenvalue weighted by Gasteiger charge is -2.07. The number of carbonyl (C=O) groups is 2. The fraction of sp³-hybridized carbons (Fsp3) is 0. The van der Waals surface area contributed by atoms with E-state index in [0.29, 0.717) is 34.2 Å². The second-order valence-electron chi connectivity index (χ2n) is 8.40. The zero-order valence-corrected chi connectivity index (χ0v) is 19.1. The molecule has 0 fully saturated rings. The summed E-state index contributed by atoms with van der Waals surface area (Å²) >= 11 is 0. The summed E-state index contributed by atoms with van der Waals surface area (Å²) in [6.45, 7) is 0. The van der Waals surface area contributed by atoms with Crippen LogP contribution in [0.15, 0.2) is 84.9 Å². The molecule has 2 heterocycles. The molecular weight excluding hydrogens is 472 g/mol. The van der Waals surface area contributed by atoms with Crippen LogP contribution in [0.3, 0.4) is 0 Å². The number of fused-ring (bicyclic) bond motifs is 2. The summed E-state index contributed by atoms with van der Waals surface area (Å²) in [5, 5.41) is 18.3. The number of aromatic amines is 2. The molecule has 2 aromatic heterocycles. The van der Waals surface area contributed by atoms with Gasteiger partial charge in [-0.2, -0.15) is 0 Å². The summed E-state index contributed by atoms with van der Waals surface area (Å²) in [4.78, 5) is 37.8. The van der Waals surface area contributed by atoms with Gasteiger partial charge in [0, 0.05) is 11.1 Å². The molecule has 0 saturated heterocycles. The van der Waals surface area contributed by atoms with Gasteiger partial charge in [-0.25, -0.2) is 19.6 Å². The van der Waals surface area contributed by atoms with Crippen LogP contribution >= 0.6 is 0 Å². The first kappa shape index (κ1) is 22.1. The third-order valence-corrected chi connectivity index (χ3v) is 5.95. The van der Waals surface area contributed by atoms with E-state index in [1.807, 2.05) is 48.5 Å². The lowest BCUT2D eigenvalue weighted by atomic mass is 10.2. The van der Waals surface area contributed by atoms with Gasteiger partial charge in [-0.15, -0.1) is 0 Å². The summed E-state index contributed by atoms with van der Waals surface area (Å²) in [5.41, 5.74) is 4.74. The molecule has 0 unspecified atom stereocenters. The molecule has 6 aromatic rings. The Hall–Kier alpha value is -5.44. The summed E-state index contributed by atoms with van der Waals surface area (Å²) in [7, 11) is 0. The number of aromatic nitrogens is 4. The van der Waals surface area contributed by atoms with Crippen molar-refractivity contribution >= 4 is 34.0 Å². The van der Waals surface area contributed by atoms with Crippen LogP contribution in [-0.2, 0) is 0 Å². The van der Waals surface area contributed by atoms with E-state index in [9.17, 15) is 19.8 Å². The van der Waals surface area contributed by atoms with Crippen LogP contribution in [0.4, 0.5) is 0 Å². The molecule has 4 N–H and O–H groups in total. The highest BCUT2D eigenvalue weighted by Gasteiger charge is 2.11. The molecule has 180 valence electrons. The number of ether oxygens (including phenoxy) is 1. The molecule has 4 aromatic carbocycles. The van der Waals surface area contributed by atoms with E-state index >= 15 is 0 Å². The molecule has 9 heteroatoms. The van der Waals surface area contributed by atoms with Gasteiger partial charge in [0.05, 0.1) is 33.2 Å². The van der Waals surface area contributed by atoms with Crippen molar-refractivity contribution < 1.29 is 24.5 Å². The van der Waals surface area contributed by atoms with Crippen molar-refractivity contribution in [2.45, 2.75) is 0 Å². The summed E-state index contributed by atoms with van der Waals surface area (Å²) in [6.07, 6.45) is 0. The van der Waals surface area contributed by atoms with Crippen molar-refractivity contribution in [3.63, 3.8) is 0 Å². The molecule has 6 rings (SSSR count). The first-order valence-electron chi connectivity index (χ1n) is 11.3. The Morgan fingerprint density at radius 3 is 1.38 bits per heavy atom. The van der Waals surface area contributed by atoms with Crippen LogP contribution in [-0.4, -0.2) is 42.1 Å². The van der Waals surface area contributed by atoms with Crippen molar-refractivity contribution in [2.75, 3.05) is 0 Å². The van der Waals surface area contributed by atoms with E-state index < -0.39 is 11.9 Å². The quantitative estimate of drug-likeness (QED) is 0.226. The second kappa shape index (κ2) is 8.65. The van der Waals surface area contributed by atoms with Gasteiger partial charge in [0.15, 0.2) is 0 Å². The van der Waals surface area contributed by atoms with Crippen LogP contribution in [0.2, 0.25) is 0 Å². The zero-order chi connectivity index (χ0) is 25.5. The van der Waals surface area contributed by atoms with Crippen molar-refractivity contribution in [1.82, 2.24) is 19.9 Å². The second-order valence-corrected chi connectivity index (χ2v) is 8.40. The topological polar surface area (TPSA) is 141 Å². The van der Waals surface area contributed by atoms with Gasteiger partial charge in [-0.1, -0.05) is 0 Å². The summed E-state index contributed by atoms with van der Waals surface area (Å²) in [6, 6.07) is 24.4. The maximum atomic E-state index is 11.2. The average Bonchev–Trinajstić information content (AvgIpc) is 3.53. The maximum absolute atomic E-state index is 11.2. The first-order valence-corrected chi connectivity index (χ1v) is 11.3. The van der Waals surface area contributed by atoms with E-state index in [1.165, 1.54) is 24.3 Å². The van der Waals surface area contributed by atoms with Crippen molar-refractivity contribution in [1.29, 1.82) is 0 Å². The normalized spacial score (nSPS) is 11.1. The van der Waals surface area contributed by atoms with Gasteiger partial charge in [0.25, 0.3) is 0 Å². The first-order chi connectivity index (χ1) is 17.9. The van der Waals surface area contributed by atoms with E-state index in [-0.39, 0.29) is 11.1 Å². The largest absolute Gasteiger partial charge is 0.478 e. The third-order valence-electron chi connectivity index (χ3n) is 5.95. The summed E-state index contributed by atoms with van der Waals surface area (Å²) < 4.78 is 5.97. The highest BCUT2D eigenvalue weighted by atomic mass is 16.5. The molecule has 0 bridgehead atoms. The number of hydrogen-bond donors (Lipinski definition) is 4. The van der Waals surface area contributed by atoms with Crippen LogP contribution in [0.25, 0.3) is 44.8 Å². The third kappa shape index (κ3) is 4.25. The number of nitrogens with one attached hydrogen (secondary N) is 2. The standard InChI is InChI=1S/C28H18N4O5/c33-27(34)17-5-11-21-23(13-17)31-25(29-21)15-1-7-19(8-2-15)37-20-9-3-16(4-10-20)26-30-22-12-6-18(28(35)36)14-24(22)32-26/h1-14H,(H,29,31)(H,30,32)(H,33,34)(H,35,36). The van der Waals surface area contributed by atoms with E-state index in [4.69, 9.17) is 4.74 Å². The van der Waals surface area contributed by atoms with Crippen LogP contribution in [0.1, 0.15) is 20.7 Å². The number of benzene rings is 4. The smallest absolute Gasteiger partial charge is 0.335 e. The number of imidazole rings is 2. The molecule has 37 heavy (non-hydrogen) atoms. The SMILES string of the molecule is O=C(O)c1ccc2[nH]c(-c3ccc(Oc4ccc(-c5nc6cc(C(=O)O)ccc6[nH]5)cc4)cc3)nc2c1. The van der Waals surface area contributed by atoms with Gasteiger partial charge in [-0.05, 0) is 84.9 Å². The molecule has 0 aliphatic carbocycles. The van der Waals surface area contributed by atoms with Gasteiger partial charge in [0.1, 0.15) is 23.1 Å². The number of aromatic carboxylic acids is 2. The number of carboxylic acids is 2. The maximum Gasteiger partial charge on any atom is 0.335 e. The lowest BCUT2D eigenvalue weighted by Crippen LogP contribution is -1.94. The number of nitrogens with zero attached hydrogens (tertiary/aromatic N) is 2. The molecular formula is C28H18N4O5. The lowest BCUT2D eigenvalue weighted by molar-refractivity contribution is 0.0686. The highest BCUT2D eigenvalue weighted by molar-refractivity contribution is 5.93. The molecule has 0 amide bonds. The van der Waals surface area contributed by atoms with Crippen LogP contribution in [0, 0.1) is 0 Å². The minimum Gasteiger partial charge on any atom is -0.478 e. The van der Waals surface area contributed by atoms with Gasteiger partial charge in [0.2, 0.25) is 0 Å². The fourth-order valence-corrected chi connectivity index (χ4v) is 4.05. The molecule has 0 saturated carbocycles. The highest BCUT2D eigenvalue weighted by Crippen LogP contribution is 2.28. The predicted octanol–water partition coefficient (Wildman–Crippen LogP) is 5.96. The number of H-pyrrole nitrogens is 2. The molecule has 0 aliphatic heterocycles. The molecule has 9 nitrogen and oxygen atoms in total. The zero-order valence-electron chi connectivity index (χ0n) is 19.1. The fourth-order valence-electron chi connectivity index (χ4n) is 4.05. The molecule has 0 atom stereocenters. The minimum atomic E-state index is -0.993. The van der Waals surface area contributed by atoms with Gasteiger partial charge < -0.3 is 24.9 Å². The Kier molecular flexibility index (Phi) is 5.16. The number of hydrogen-bond acceptors (Lipinski definition) is 5. The van der Waals surface area contributed by atoms with Gasteiger partial charge >= 0.3 is 11.9 Å². The van der Waals surface area contributed by atoms with E-state index in [0.717, 1.165) is 22.2 Å². The Labute approximate surface area is 209 Å². The van der Waals surface area contributed by atoms with Crippen molar-refractivity contribution in [3.8, 4) is 34.3 Å². The van der Waals surface area contributed by atoms with Crippen LogP contribution in [0.5, 0.6) is 11.5 Å². The monoisotopic (exact) mass is 490 g/mol. The van der Waals surface area contributed by atoms with Gasteiger partial charge in [-0.3, -0.25) is 0 Å². The Bertz CT molecular complexity index is 1670. The summed E-state index contributed by atoms with van der Waals surface area (Å²) in [5.74, 6) is 0.571. The molecule has 0 aliphatic rings. The Balaban J connectivity index is 1.18. The van der Waals surface area contributed by atoms with Crippen molar-refractivity contribution in [3.05, 3.63) is 96.1 Å². The Morgan fingerprint density at radius 2 is 1.00 bits per heavy atom. The number of rotatable bonds is 6. The van der Waals surface area contributed by atoms with Crippen LogP contribution < -0.4 is 4.74 Å². The Morgan fingerprint density at radius 1 is 0.595 bits per heavy atom. The van der Waals surface area contributed by atoms with E-state index in [2.05, 4.69) is 19.9 Å². The van der Waals surface area contributed by atoms with Crippen molar-refractivity contribution in [2.24, 2.45) is 0 Å².